The van der Waals surface area contributed by atoms with E-state index in [9.17, 15) is 0 Å². The largest absolute Gasteiger partial charge is 0.374 e. The molecular formula is C4H7N3O. The van der Waals surface area contributed by atoms with Crippen molar-refractivity contribution in [1.29, 1.82) is 5.26 Å². The lowest BCUT2D eigenvalue weighted by Gasteiger charge is -1.96. The Kier molecular flexibility index (Phi) is 0.897. The maximum Gasteiger partial charge on any atom is 0.176 e. The minimum atomic E-state index is -1.12. The van der Waals surface area contributed by atoms with Crippen LogP contribution in [-0.2, 0) is 0 Å². The molecule has 1 saturated carbocycles. The van der Waals surface area contributed by atoms with Gasteiger partial charge in [0.15, 0.2) is 6.19 Å². The van der Waals surface area contributed by atoms with Crippen molar-refractivity contribution >= 4 is 0 Å². The fraction of sp³-hybridized carbons (Fsp3) is 0.750. The van der Waals surface area contributed by atoms with Gasteiger partial charge >= 0.3 is 0 Å². The van der Waals surface area contributed by atoms with Gasteiger partial charge in [-0.3, -0.25) is 0 Å². The van der Waals surface area contributed by atoms with Crippen LogP contribution >= 0.6 is 0 Å². The molecule has 4 N–H and O–H groups in total. The fourth-order valence-electron chi connectivity index (χ4n) is 0.522. The lowest BCUT2D eigenvalue weighted by Crippen LogP contribution is -2.31. The average molecular weight is 113 g/mol. The van der Waals surface area contributed by atoms with E-state index in [4.69, 9.17) is 16.1 Å². The first-order chi connectivity index (χ1) is 3.67. The summed E-state index contributed by atoms with van der Waals surface area (Å²) in [5.74, 6) is 0. The average Bonchev–Trinajstić information content (AvgIpc) is 2.15. The van der Waals surface area contributed by atoms with Gasteiger partial charge in [-0.2, -0.15) is 5.26 Å². The number of hydrogen-bond acceptors (Lipinski definition) is 4. The first-order valence-corrected chi connectivity index (χ1v) is 2.33. The Morgan fingerprint density at radius 2 is 2.50 bits per heavy atom. The summed E-state index contributed by atoms with van der Waals surface area (Å²) in [5.41, 5.74) is 4.02. The molecule has 1 aliphatic rings. The predicted molar refractivity (Wildman–Crippen MR) is 26.3 cm³/mol. The molecule has 4 heteroatoms. The molecule has 0 aromatic carbocycles. The maximum atomic E-state index is 8.79. The van der Waals surface area contributed by atoms with Gasteiger partial charge in [-0.1, -0.05) is 0 Å². The van der Waals surface area contributed by atoms with Gasteiger partial charge in [-0.25, -0.2) is 0 Å². The van der Waals surface area contributed by atoms with Crippen LogP contribution in [0.15, 0.2) is 0 Å². The molecule has 0 heterocycles. The van der Waals surface area contributed by atoms with Crippen molar-refractivity contribution in [2.45, 2.75) is 18.2 Å². The highest BCUT2D eigenvalue weighted by Crippen LogP contribution is 2.28. The summed E-state index contributed by atoms with van der Waals surface area (Å²) in [4.78, 5) is 0. The van der Waals surface area contributed by atoms with E-state index in [-0.39, 0.29) is 6.04 Å². The molecule has 1 rings (SSSR count). The van der Waals surface area contributed by atoms with Crippen molar-refractivity contribution in [2.75, 3.05) is 0 Å². The van der Waals surface area contributed by atoms with Gasteiger partial charge in [0.25, 0.3) is 0 Å². The monoisotopic (exact) mass is 113 g/mol. The molecule has 0 amide bonds. The van der Waals surface area contributed by atoms with E-state index in [1.54, 1.807) is 6.19 Å². The number of nitrogens with one attached hydrogen (secondary N) is 1. The van der Waals surface area contributed by atoms with Crippen LogP contribution in [0.2, 0.25) is 0 Å². The number of nitrogens with zero attached hydrogens (tertiary/aromatic N) is 1. The normalized spacial score (nSPS) is 42.9. The Morgan fingerprint density at radius 1 is 2.00 bits per heavy atom. The molecule has 0 saturated heterocycles. The third-order valence-corrected chi connectivity index (χ3v) is 1.21. The van der Waals surface area contributed by atoms with Crippen LogP contribution in [0.4, 0.5) is 0 Å². The highest BCUT2D eigenvalue weighted by Gasteiger charge is 2.49. The lowest BCUT2D eigenvalue weighted by atomic mass is 10.6. The van der Waals surface area contributed by atoms with E-state index in [0.29, 0.717) is 6.42 Å². The summed E-state index contributed by atoms with van der Waals surface area (Å²) in [5, 5.41) is 19.1. The minimum absolute atomic E-state index is 0.215. The molecular weight excluding hydrogens is 106 g/mol. The lowest BCUT2D eigenvalue weighted by molar-refractivity contribution is 0.148. The zero-order valence-corrected chi connectivity index (χ0v) is 4.26. The first-order valence-electron chi connectivity index (χ1n) is 2.33. The molecule has 0 aliphatic heterocycles. The molecule has 2 unspecified atom stereocenters. The first kappa shape index (κ1) is 5.35. The molecule has 0 spiro atoms. The van der Waals surface area contributed by atoms with E-state index < -0.39 is 5.72 Å². The second-order valence-electron chi connectivity index (χ2n) is 2.00. The van der Waals surface area contributed by atoms with Gasteiger partial charge in [0, 0.05) is 6.42 Å². The smallest absolute Gasteiger partial charge is 0.176 e. The third kappa shape index (κ3) is 0.735. The van der Waals surface area contributed by atoms with Crippen LogP contribution < -0.4 is 11.1 Å². The molecule has 8 heavy (non-hydrogen) atoms. The Morgan fingerprint density at radius 3 is 2.62 bits per heavy atom. The molecule has 1 aliphatic carbocycles. The fourth-order valence-corrected chi connectivity index (χ4v) is 0.522. The molecule has 4 nitrogen and oxygen atoms in total. The van der Waals surface area contributed by atoms with E-state index in [1.807, 2.05) is 0 Å². The SMILES string of the molecule is N#CNC1CC1(N)O. The van der Waals surface area contributed by atoms with Crippen molar-refractivity contribution in [3.8, 4) is 6.19 Å². The van der Waals surface area contributed by atoms with Crippen LogP contribution in [0.5, 0.6) is 0 Å². The summed E-state index contributed by atoms with van der Waals surface area (Å²) >= 11 is 0. The minimum Gasteiger partial charge on any atom is -0.374 e. The Hall–Kier alpha value is -0.790. The molecule has 0 aromatic heterocycles. The summed E-state index contributed by atoms with van der Waals surface area (Å²) in [6.45, 7) is 0. The highest BCUT2D eigenvalue weighted by molar-refractivity contribution is 5.07. The Labute approximate surface area is 46.9 Å². The van der Waals surface area contributed by atoms with E-state index in [2.05, 4.69) is 5.32 Å². The molecule has 44 valence electrons. The van der Waals surface area contributed by atoms with Gasteiger partial charge in [0.2, 0.25) is 0 Å². The van der Waals surface area contributed by atoms with Crippen LogP contribution in [0.1, 0.15) is 6.42 Å². The standard InChI is InChI=1S/C4H7N3O/c5-2-7-3-1-4(3,6)8/h3,7-8H,1,6H2. The van der Waals surface area contributed by atoms with Crippen LogP contribution in [-0.4, -0.2) is 16.9 Å². The summed E-state index contributed by atoms with van der Waals surface area (Å²) in [6.07, 6.45) is 2.17. The zero-order valence-electron chi connectivity index (χ0n) is 4.26. The number of nitriles is 1. The predicted octanol–water partition coefficient (Wildman–Crippen LogP) is -1.52. The van der Waals surface area contributed by atoms with Crippen molar-refractivity contribution in [3.63, 3.8) is 0 Å². The summed E-state index contributed by atoms with van der Waals surface area (Å²) < 4.78 is 0. The van der Waals surface area contributed by atoms with Gasteiger partial charge in [-0.15, -0.1) is 0 Å². The molecule has 0 aromatic rings. The van der Waals surface area contributed by atoms with Gasteiger partial charge in [0.05, 0.1) is 6.04 Å². The van der Waals surface area contributed by atoms with Gasteiger partial charge < -0.3 is 16.2 Å². The highest BCUT2D eigenvalue weighted by atomic mass is 16.3. The summed E-state index contributed by atoms with van der Waals surface area (Å²) in [7, 11) is 0. The zero-order chi connectivity index (χ0) is 6.20. The van der Waals surface area contributed by atoms with Crippen LogP contribution in [0.3, 0.4) is 0 Å². The van der Waals surface area contributed by atoms with Crippen molar-refractivity contribution < 1.29 is 5.11 Å². The van der Waals surface area contributed by atoms with Crippen molar-refractivity contribution in [2.24, 2.45) is 5.73 Å². The summed E-state index contributed by atoms with van der Waals surface area (Å²) in [6, 6.07) is -0.215. The van der Waals surface area contributed by atoms with E-state index in [0.717, 1.165) is 0 Å². The second-order valence-corrected chi connectivity index (χ2v) is 2.00. The van der Waals surface area contributed by atoms with Crippen molar-refractivity contribution in [3.05, 3.63) is 0 Å². The third-order valence-electron chi connectivity index (χ3n) is 1.21. The van der Waals surface area contributed by atoms with Gasteiger partial charge in [0.1, 0.15) is 5.72 Å². The van der Waals surface area contributed by atoms with Crippen molar-refractivity contribution in [1.82, 2.24) is 5.32 Å². The number of aliphatic hydroxyl groups is 1. The second kappa shape index (κ2) is 1.34. The quantitative estimate of drug-likeness (QED) is 0.219. The van der Waals surface area contributed by atoms with E-state index >= 15 is 0 Å². The van der Waals surface area contributed by atoms with Gasteiger partial charge in [-0.05, 0) is 0 Å². The molecule has 0 bridgehead atoms. The molecule has 0 radical (unpaired) electrons. The Bertz CT molecular complexity index is 137. The molecule has 1 fully saturated rings. The Balaban J connectivity index is 2.29. The number of nitrogens with two attached hydrogens (primary N) is 1. The maximum absolute atomic E-state index is 8.79. The van der Waals surface area contributed by atoms with Crippen LogP contribution in [0.25, 0.3) is 0 Å². The van der Waals surface area contributed by atoms with E-state index in [1.165, 1.54) is 0 Å². The molecule has 2 atom stereocenters. The number of rotatable bonds is 1. The van der Waals surface area contributed by atoms with Crippen LogP contribution in [0, 0.1) is 11.5 Å². The number of hydrogen-bond donors (Lipinski definition) is 3. The topological polar surface area (TPSA) is 82.1 Å².